The fraction of sp³-hybridized carbons (Fsp3) is 0.500. The van der Waals surface area contributed by atoms with Gasteiger partial charge in [0.15, 0.2) is 0 Å². The molecule has 0 aromatic heterocycles. The summed E-state index contributed by atoms with van der Waals surface area (Å²) in [6, 6.07) is 0. The van der Waals surface area contributed by atoms with E-state index in [-0.39, 0.29) is 0 Å². The average molecular weight is 298 g/mol. The summed E-state index contributed by atoms with van der Waals surface area (Å²) in [6.07, 6.45) is 3.43. The van der Waals surface area contributed by atoms with Crippen LogP contribution in [-0.2, 0) is 18.8 Å². The van der Waals surface area contributed by atoms with Crippen LogP contribution in [0.1, 0.15) is 0 Å². The molecule has 2 aliphatic rings. The zero-order valence-electron chi connectivity index (χ0n) is 5.36. The Hall–Kier alpha value is 0.770. The molecule has 0 aromatic rings. The van der Waals surface area contributed by atoms with Gasteiger partial charge >= 0.3 is 75.9 Å². The minimum absolute atomic E-state index is 0.777. The molecule has 0 saturated carbocycles. The van der Waals surface area contributed by atoms with Gasteiger partial charge < -0.3 is 0 Å². The predicted molar refractivity (Wildman–Crippen MR) is 39.4 cm³/mol. The maximum absolute atomic E-state index is 10.5. The summed E-state index contributed by atoms with van der Waals surface area (Å²) in [4.78, 5) is 0. The molecule has 4 nitrogen and oxygen atoms in total. The molecule has 60 valence electrons. The van der Waals surface area contributed by atoms with E-state index in [9.17, 15) is 8.42 Å². The Labute approximate surface area is 75.6 Å². The van der Waals surface area contributed by atoms with Gasteiger partial charge in [-0.25, -0.2) is 0 Å². The van der Waals surface area contributed by atoms with Crippen molar-refractivity contribution in [2.45, 2.75) is 7.72 Å². The van der Waals surface area contributed by atoms with Crippen LogP contribution < -0.4 is 0 Å². The molecule has 1 spiro atoms. The van der Waals surface area contributed by atoms with Gasteiger partial charge in [0.05, 0.1) is 0 Å². The summed E-state index contributed by atoms with van der Waals surface area (Å²) in [5, 5.41) is 0. The van der Waals surface area contributed by atoms with E-state index in [1.54, 1.807) is 6.08 Å². The van der Waals surface area contributed by atoms with Crippen LogP contribution in [0.25, 0.3) is 0 Å². The molecule has 0 atom stereocenters. The number of hydrogen-bond donors (Lipinski definition) is 0. The molecular weight excluding hydrogens is 294 g/mol. The van der Waals surface area contributed by atoms with Crippen LogP contribution in [0.3, 0.4) is 0 Å². The van der Waals surface area contributed by atoms with Gasteiger partial charge in [-0.2, -0.15) is 0 Å². The zero-order valence-corrected chi connectivity index (χ0v) is 10.2. The molecule has 11 heavy (non-hydrogen) atoms. The third-order valence-corrected chi connectivity index (χ3v) is 12.4. The first kappa shape index (κ1) is 8.37. The van der Waals surface area contributed by atoms with E-state index in [4.69, 9.17) is 8.58 Å². The summed E-state index contributed by atoms with van der Waals surface area (Å²) in [6.45, 7) is 0. The molecule has 1 saturated heterocycles. The van der Waals surface area contributed by atoms with E-state index >= 15 is 0 Å². The van der Waals surface area contributed by atoms with Crippen molar-refractivity contribution in [2.24, 2.45) is 0 Å². The van der Waals surface area contributed by atoms with Gasteiger partial charge in [0.1, 0.15) is 0 Å². The first-order valence-electron chi connectivity index (χ1n) is 3.02. The van der Waals surface area contributed by atoms with Gasteiger partial charge in [-0.15, -0.1) is 0 Å². The molecule has 0 aliphatic carbocycles. The molecule has 0 bridgehead atoms. The molecule has 2 aliphatic heterocycles. The molecule has 0 N–H and O–H groups in total. The first-order chi connectivity index (χ1) is 5.04. The second-order valence-electron chi connectivity index (χ2n) is 2.40. The molecule has 0 radical (unpaired) electrons. The third kappa shape index (κ3) is 1.25. The number of rotatable bonds is 0. The molecule has 1 fully saturated rings. The topological polar surface area (TPSA) is 52.6 Å². The summed E-state index contributed by atoms with van der Waals surface area (Å²) in [5.74, 6) is 0. The van der Waals surface area contributed by atoms with Crippen molar-refractivity contribution >= 4 is 39.2 Å². The monoisotopic (exact) mass is 298 g/mol. The molecule has 0 amide bonds. The van der Waals surface area contributed by atoms with Gasteiger partial charge in [-0.3, -0.25) is 0 Å². The first-order valence-corrected chi connectivity index (χ1v) is 12.5. The van der Waals surface area contributed by atoms with E-state index in [0.29, 0.717) is 0 Å². The van der Waals surface area contributed by atoms with Crippen molar-refractivity contribution in [1.82, 2.24) is 0 Å². The van der Waals surface area contributed by atoms with Crippen LogP contribution >= 0.6 is 8.58 Å². The Morgan fingerprint density at radius 3 is 2.55 bits per heavy atom. The van der Waals surface area contributed by atoms with Crippen molar-refractivity contribution in [3.05, 3.63) is 12.2 Å². The number of halogens is 1. The molecule has 0 unspecified atom stereocenters. The standard InChI is InChI=1S/C4H4O4S.ClH.In/c1-2-3-4-7-9(5,6)8-4;;/h2-3H,1H2;1H;/q;;+1/p-1. The van der Waals surface area contributed by atoms with Crippen molar-refractivity contribution in [1.29, 1.82) is 0 Å². The van der Waals surface area contributed by atoms with Crippen LogP contribution in [0, 0.1) is 0 Å². The SMILES string of the molecule is O=S1(=O)O[C]2(C=C[CH2][In]2[Cl])O1. The average Bonchev–Trinajstić information content (AvgIpc) is 2.10. The third-order valence-electron chi connectivity index (χ3n) is 1.59. The normalized spacial score (nSPS) is 30.8. The van der Waals surface area contributed by atoms with Crippen molar-refractivity contribution in [2.75, 3.05) is 0 Å². The maximum atomic E-state index is 10.5. The summed E-state index contributed by atoms with van der Waals surface area (Å²) < 4.78 is 30.0. The quantitative estimate of drug-likeness (QED) is 0.604. The van der Waals surface area contributed by atoms with Crippen LogP contribution in [0.15, 0.2) is 12.2 Å². The van der Waals surface area contributed by atoms with Crippen LogP contribution in [0.2, 0.25) is 4.18 Å². The van der Waals surface area contributed by atoms with E-state index in [1.807, 2.05) is 6.08 Å². The molecular formula is C4H4ClInO4S. The van der Waals surface area contributed by atoms with Gasteiger partial charge in [-0.1, -0.05) is 0 Å². The van der Waals surface area contributed by atoms with E-state index < -0.39 is 34.2 Å². The van der Waals surface area contributed by atoms with Crippen molar-refractivity contribution in [3.8, 4) is 0 Å². The van der Waals surface area contributed by atoms with Gasteiger partial charge in [0.2, 0.25) is 0 Å². The second-order valence-corrected chi connectivity index (χ2v) is 13.4. The van der Waals surface area contributed by atoms with E-state index in [0.717, 1.165) is 4.18 Å². The fourth-order valence-electron chi connectivity index (χ4n) is 1.11. The van der Waals surface area contributed by atoms with Gasteiger partial charge in [0.25, 0.3) is 0 Å². The van der Waals surface area contributed by atoms with Crippen LogP contribution in [-0.4, -0.2) is 32.2 Å². The van der Waals surface area contributed by atoms with E-state index in [2.05, 4.69) is 8.37 Å². The Morgan fingerprint density at radius 2 is 2.18 bits per heavy atom. The summed E-state index contributed by atoms with van der Waals surface area (Å²) in [5.41, 5.74) is 0. The summed E-state index contributed by atoms with van der Waals surface area (Å²) in [7, 11) is 2.24. The minimum atomic E-state index is -3.69. The van der Waals surface area contributed by atoms with Gasteiger partial charge in [0, 0.05) is 0 Å². The zero-order chi connectivity index (χ0) is 8.11. The molecule has 7 heteroatoms. The summed E-state index contributed by atoms with van der Waals surface area (Å²) >= 11 is -2.40. The number of hydrogen-bond acceptors (Lipinski definition) is 4. The van der Waals surface area contributed by atoms with Crippen LogP contribution in [0.5, 0.6) is 0 Å². The second kappa shape index (κ2) is 2.38. The Balaban J connectivity index is 2.24. The Morgan fingerprint density at radius 1 is 1.55 bits per heavy atom. The molecule has 0 aromatic carbocycles. The van der Waals surface area contributed by atoms with Gasteiger partial charge in [-0.05, 0) is 0 Å². The predicted octanol–water partition coefficient (Wildman–Crippen LogP) is 0.314. The van der Waals surface area contributed by atoms with E-state index in [1.165, 1.54) is 0 Å². The van der Waals surface area contributed by atoms with Crippen molar-refractivity contribution < 1.29 is 16.8 Å². The van der Waals surface area contributed by atoms with Crippen LogP contribution in [0.4, 0.5) is 0 Å². The fourth-order valence-corrected chi connectivity index (χ4v) is 11.5. The Kier molecular flexibility index (Phi) is 1.81. The van der Waals surface area contributed by atoms with Crippen molar-refractivity contribution in [3.63, 3.8) is 0 Å². The Bertz CT molecular complexity index is 298. The molecule has 2 rings (SSSR count). The number of allylic oxidation sites excluding steroid dienone is 1. The molecule has 2 heterocycles.